The third-order valence-electron chi connectivity index (χ3n) is 5.10. The second-order valence-corrected chi connectivity index (χ2v) is 6.14. The number of hydrogen-bond donors (Lipinski definition) is 0. The van der Waals surface area contributed by atoms with Gasteiger partial charge in [0, 0.05) is 48.7 Å². The summed E-state index contributed by atoms with van der Waals surface area (Å²) in [6.45, 7) is 13.2. The molecule has 0 atom stereocenters. The van der Waals surface area contributed by atoms with Gasteiger partial charge in [-0.25, -0.2) is 0 Å². The van der Waals surface area contributed by atoms with E-state index in [1.807, 2.05) is 0 Å². The highest BCUT2D eigenvalue weighted by Gasteiger charge is 2.26. The standard InChI is InChI=1S/C21H28N2/c1-5-22(6-2)18-13-9-11-16-15-17-12-10-14-19(21(17)20(16)18)23(7-3)8-4/h9-14H,5-8,15H2,1-4H3. The van der Waals surface area contributed by atoms with Gasteiger partial charge in [0.2, 0.25) is 0 Å². The van der Waals surface area contributed by atoms with Crippen molar-refractivity contribution >= 4 is 11.4 Å². The van der Waals surface area contributed by atoms with Crippen molar-refractivity contribution in [1.29, 1.82) is 0 Å². The van der Waals surface area contributed by atoms with Crippen molar-refractivity contribution in [2.45, 2.75) is 34.1 Å². The largest absolute Gasteiger partial charge is 0.372 e. The molecular formula is C21H28N2. The van der Waals surface area contributed by atoms with Crippen LogP contribution in [0.25, 0.3) is 11.1 Å². The van der Waals surface area contributed by atoms with Crippen molar-refractivity contribution in [2.24, 2.45) is 0 Å². The highest BCUT2D eigenvalue weighted by Crippen LogP contribution is 2.47. The molecular weight excluding hydrogens is 280 g/mol. The first-order valence-electron chi connectivity index (χ1n) is 8.99. The van der Waals surface area contributed by atoms with Gasteiger partial charge in [0.15, 0.2) is 0 Å². The third-order valence-corrected chi connectivity index (χ3v) is 5.10. The molecule has 0 spiro atoms. The summed E-state index contributed by atoms with van der Waals surface area (Å²) in [5.41, 5.74) is 8.67. The van der Waals surface area contributed by atoms with Gasteiger partial charge in [0.25, 0.3) is 0 Å². The minimum absolute atomic E-state index is 1.05. The Hall–Kier alpha value is -1.96. The monoisotopic (exact) mass is 308 g/mol. The average Bonchev–Trinajstić information content (AvgIpc) is 2.97. The molecule has 0 fully saturated rings. The highest BCUT2D eigenvalue weighted by atomic mass is 15.1. The van der Waals surface area contributed by atoms with Crippen LogP contribution >= 0.6 is 0 Å². The molecule has 3 rings (SSSR count). The molecule has 0 heterocycles. The lowest BCUT2D eigenvalue weighted by atomic mass is 10.00. The van der Waals surface area contributed by atoms with E-state index in [0.717, 1.165) is 32.6 Å². The van der Waals surface area contributed by atoms with Crippen molar-refractivity contribution in [3.8, 4) is 11.1 Å². The predicted octanol–water partition coefficient (Wildman–Crippen LogP) is 4.95. The lowest BCUT2D eigenvalue weighted by molar-refractivity contribution is 0.862. The minimum Gasteiger partial charge on any atom is -0.372 e. The van der Waals surface area contributed by atoms with Gasteiger partial charge in [0.05, 0.1) is 0 Å². The quantitative estimate of drug-likeness (QED) is 0.635. The van der Waals surface area contributed by atoms with Crippen molar-refractivity contribution < 1.29 is 0 Å². The number of fused-ring (bicyclic) bond motifs is 3. The predicted molar refractivity (Wildman–Crippen MR) is 102 cm³/mol. The summed E-state index contributed by atoms with van der Waals surface area (Å²) in [5, 5.41) is 0. The molecule has 0 bridgehead atoms. The van der Waals surface area contributed by atoms with Crippen molar-refractivity contribution in [3.05, 3.63) is 47.5 Å². The molecule has 0 radical (unpaired) electrons. The van der Waals surface area contributed by atoms with E-state index in [4.69, 9.17) is 0 Å². The van der Waals surface area contributed by atoms with Crippen LogP contribution in [0.1, 0.15) is 38.8 Å². The SMILES string of the molecule is CCN(CC)c1cccc2c1-c1c(cccc1N(CC)CC)C2. The van der Waals surface area contributed by atoms with Crippen molar-refractivity contribution in [2.75, 3.05) is 36.0 Å². The Bertz CT molecular complexity index is 623. The van der Waals surface area contributed by atoms with E-state index in [1.165, 1.54) is 33.6 Å². The van der Waals surface area contributed by atoms with Crippen LogP contribution in [0, 0.1) is 0 Å². The molecule has 0 aromatic heterocycles. The van der Waals surface area contributed by atoms with Gasteiger partial charge in [-0.05, 0) is 57.4 Å². The molecule has 1 aliphatic carbocycles. The molecule has 23 heavy (non-hydrogen) atoms. The van der Waals surface area contributed by atoms with Gasteiger partial charge in [-0.15, -0.1) is 0 Å². The van der Waals surface area contributed by atoms with Crippen LogP contribution in [-0.4, -0.2) is 26.2 Å². The number of benzene rings is 2. The van der Waals surface area contributed by atoms with Crippen LogP contribution < -0.4 is 9.80 Å². The molecule has 0 amide bonds. The smallest absolute Gasteiger partial charge is 0.0449 e. The summed E-state index contributed by atoms with van der Waals surface area (Å²) in [7, 11) is 0. The van der Waals surface area contributed by atoms with Crippen LogP contribution in [0.3, 0.4) is 0 Å². The van der Waals surface area contributed by atoms with E-state index < -0.39 is 0 Å². The first-order valence-corrected chi connectivity index (χ1v) is 8.99. The van der Waals surface area contributed by atoms with Gasteiger partial charge >= 0.3 is 0 Å². The van der Waals surface area contributed by atoms with Gasteiger partial charge < -0.3 is 9.80 Å². The molecule has 0 saturated heterocycles. The Kier molecular flexibility index (Phi) is 4.61. The van der Waals surface area contributed by atoms with E-state index >= 15 is 0 Å². The van der Waals surface area contributed by atoms with Crippen molar-refractivity contribution in [3.63, 3.8) is 0 Å². The molecule has 2 aromatic rings. The maximum atomic E-state index is 2.48. The summed E-state index contributed by atoms with van der Waals surface area (Å²) >= 11 is 0. The second kappa shape index (κ2) is 6.66. The Morgan fingerprint density at radius 2 is 1.04 bits per heavy atom. The van der Waals surface area contributed by atoms with E-state index in [-0.39, 0.29) is 0 Å². The van der Waals surface area contributed by atoms with Gasteiger partial charge in [0.1, 0.15) is 0 Å². The Labute approximate surface area is 140 Å². The van der Waals surface area contributed by atoms with Crippen LogP contribution in [-0.2, 0) is 6.42 Å². The number of nitrogens with zero attached hydrogens (tertiary/aromatic N) is 2. The average molecular weight is 308 g/mol. The molecule has 2 aromatic carbocycles. The van der Waals surface area contributed by atoms with E-state index in [0.29, 0.717) is 0 Å². The first kappa shape index (κ1) is 15.9. The van der Waals surface area contributed by atoms with Gasteiger partial charge in [-0.3, -0.25) is 0 Å². The van der Waals surface area contributed by atoms with Crippen LogP contribution in [0.5, 0.6) is 0 Å². The fourth-order valence-electron chi connectivity index (χ4n) is 3.91. The highest BCUT2D eigenvalue weighted by molar-refractivity contribution is 5.94. The zero-order valence-electron chi connectivity index (χ0n) is 14.9. The second-order valence-electron chi connectivity index (χ2n) is 6.14. The van der Waals surface area contributed by atoms with Crippen LogP contribution in [0.2, 0.25) is 0 Å². The van der Waals surface area contributed by atoms with E-state index in [9.17, 15) is 0 Å². The molecule has 0 saturated carbocycles. The van der Waals surface area contributed by atoms with Crippen LogP contribution in [0.4, 0.5) is 11.4 Å². The maximum Gasteiger partial charge on any atom is 0.0449 e. The lowest BCUT2D eigenvalue weighted by Crippen LogP contribution is -2.24. The molecule has 2 nitrogen and oxygen atoms in total. The summed E-state index contributed by atoms with van der Waals surface area (Å²) in [6.07, 6.45) is 1.06. The molecule has 0 unspecified atom stereocenters. The Balaban J connectivity index is 2.22. The lowest BCUT2D eigenvalue weighted by Gasteiger charge is -2.28. The number of anilines is 2. The van der Waals surface area contributed by atoms with Gasteiger partial charge in [-0.2, -0.15) is 0 Å². The zero-order valence-corrected chi connectivity index (χ0v) is 14.9. The fraction of sp³-hybridized carbons (Fsp3) is 0.429. The van der Waals surface area contributed by atoms with E-state index in [1.54, 1.807) is 0 Å². The Morgan fingerprint density at radius 1 is 0.652 bits per heavy atom. The number of rotatable bonds is 6. The molecule has 2 heteroatoms. The molecule has 0 aliphatic heterocycles. The molecule has 1 aliphatic rings. The summed E-state index contributed by atoms with van der Waals surface area (Å²) in [5.74, 6) is 0. The fourth-order valence-corrected chi connectivity index (χ4v) is 3.91. The molecule has 122 valence electrons. The summed E-state index contributed by atoms with van der Waals surface area (Å²) in [6, 6.07) is 13.6. The Morgan fingerprint density at radius 3 is 1.39 bits per heavy atom. The summed E-state index contributed by atoms with van der Waals surface area (Å²) < 4.78 is 0. The first-order chi connectivity index (χ1) is 11.2. The van der Waals surface area contributed by atoms with Crippen molar-refractivity contribution in [1.82, 2.24) is 0 Å². The molecule has 0 N–H and O–H groups in total. The maximum absolute atomic E-state index is 2.48. The van der Waals surface area contributed by atoms with E-state index in [2.05, 4.69) is 73.9 Å². The number of hydrogen-bond acceptors (Lipinski definition) is 2. The third kappa shape index (κ3) is 2.60. The van der Waals surface area contributed by atoms with Gasteiger partial charge in [-0.1, -0.05) is 24.3 Å². The zero-order chi connectivity index (χ0) is 16.4. The summed E-state index contributed by atoms with van der Waals surface area (Å²) in [4.78, 5) is 4.96. The minimum atomic E-state index is 1.05. The normalized spacial score (nSPS) is 12.0. The van der Waals surface area contributed by atoms with Crippen LogP contribution in [0.15, 0.2) is 36.4 Å². The topological polar surface area (TPSA) is 6.48 Å².